The van der Waals surface area contributed by atoms with E-state index in [-0.39, 0.29) is 17.3 Å². The Labute approximate surface area is 116 Å². The summed E-state index contributed by atoms with van der Waals surface area (Å²) in [5, 5.41) is 9.62. The Morgan fingerprint density at radius 3 is 2.42 bits per heavy atom. The highest BCUT2D eigenvalue weighted by Crippen LogP contribution is 2.42. The van der Waals surface area contributed by atoms with Gasteiger partial charge in [0.05, 0.1) is 16.8 Å². The van der Waals surface area contributed by atoms with Gasteiger partial charge in [0.1, 0.15) is 0 Å². The van der Waals surface area contributed by atoms with Gasteiger partial charge in [-0.2, -0.15) is 0 Å². The van der Waals surface area contributed by atoms with Crippen LogP contribution in [0.2, 0.25) is 0 Å². The molecule has 0 aromatic carbocycles. The molecule has 0 bridgehead atoms. The standard InChI is InChI=1S/C16H26O3/c1-7-15(5)10-11-16(6,19-15)12(2)13(17)8-9-14(3,4)18/h7-9,12,18H,1,10-11H2,2-6H3. The normalized spacial score (nSPS) is 33.6. The van der Waals surface area contributed by atoms with Crippen molar-refractivity contribution in [1.29, 1.82) is 0 Å². The fourth-order valence-corrected chi connectivity index (χ4v) is 2.31. The number of hydrogen-bond donors (Lipinski definition) is 1. The van der Waals surface area contributed by atoms with Crippen LogP contribution in [0, 0.1) is 5.92 Å². The first-order chi connectivity index (χ1) is 8.51. The van der Waals surface area contributed by atoms with Crippen molar-refractivity contribution in [2.24, 2.45) is 5.92 Å². The maximum Gasteiger partial charge on any atom is 0.161 e. The molecule has 0 aromatic heterocycles. The molecule has 1 rings (SSSR count). The number of ketones is 1. The second-order valence-electron chi connectivity index (χ2n) is 6.54. The van der Waals surface area contributed by atoms with E-state index in [0.717, 1.165) is 12.8 Å². The summed E-state index contributed by atoms with van der Waals surface area (Å²) >= 11 is 0. The molecule has 1 saturated heterocycles. The summed E-state index contributed by atoms with van der Waals surface area (Å²) in [7, 11) is 0. The minimum atomic E-state index is -0.970. The number of carbonyl (C=O) groups is 1. The fourth-order valence-electron chi connectivity index (χ4n) is 2.31. The lowest BCUT2D eigenvalue weighted by Crippen LogP contribution is -2.39. The van der Waals surface area contributed by atoms with Crippen LogP contribution in [-0.4, -0.2) is 27.7 Å². The lowest BCUT2D eigenvalue weighted by atomic mass is 9.84. The van der Waals surface area contributed by atoms with E-state index >= 15 is 0 Å². The van der Waals surface area contributed by atoms with Gasteiger partial charge in [0.25, 0.3) is 0 Å². The molecule has 3 heteroatoms. The Balaban J connectivity index is 2.78. The van der Waals surface area contributed by atoms with Crippen molar-refractivity contribution in [3.8, 4) is 0 Å². The largest absolute Gasteiger partial charge is 0.386 e. The van der Waals surface area contributed by atoms with Crippen molar-refractivity contribution in [1.82, 2.24) is 0 Å². The first-order valence-electron chi connectivity index (χ1n) is 6.81. The van der Waals surface area contributed by atoms with Gasteiger partial charge in [-0.15, -0.1) is 6.58 Å². The Morgan fingerprint density at radius 1 is 1.42 bits per heavy atom. The minimum absolute atomic E-state index is 0.0158. The summed E-state index contributed by atoms with van der Waals surface area (Å²) in [6.07, 6.45) is 6.50. The van der Waals surface area contributed by atoms with Gasteiger partial charge in [-0.1, -0.05) is 19.1 Å². The van der Waals surface area contributed by atoms with Crippen LogP contribution in [0.15, 0.2) is 24.8 Å². The van der Waals surface area contributed by atoms with E-state index in [2.05, 4.69) is 6.58 Å². The quantitative estimate of drug-likeness (QED) is 0.614. The van der Waals surface area contributed by atoms with Gasteiger partial charge in [0.2, 0.25) is 0 Å². The van der Waals surface area contributed by atoms with Gasteiger partial charge >= 0.3 is 0 Å². The first-order valence-corrected chi connectivity index (χ1v) is 6.81. The summed E-state index contributed by atoms with van der Waals surface area (Å²) in [5.41, 5.74) is -1.78. The number of rotatable bonds is 5. The lowest BCUT2D eigenvalue weighted by Gasteiger charge is -2.32. The van der Waals surface area contributed by atoms with Crippen molar-refractivity contribution in [3.63, 3.8) is 0 Å². The molecule has 0 aliphatic carbocycles. The summed E-state index contributed by atoms with van der Waals surface area (Å²) in [6.45, 7) is 12.9. The predicted octanol–water partition coefficient (Wildman–Crippen LogP) is 3.03. The van der Waals surface area contributed by atoms with Crippen molar-refractivity contribution in [2.45, 2.75) is 64.3 Å². The summed E-state index contributed by atoms with van der Waals surface area (Å²) in [5.74, 6) is -0.259. The zero-order chi connectivity index (χ0) is 14.9. The van der Waals surface area contributed by atoms with E-state index in [1.165, 1.54) is 12.2 Å². The lowest BCUT2D eigenvalue weighted by molar-refractivity contribution is -0.133. The molecule has 0 saturated carbocycles. The van der Waals surface area contributed by atoms with E-state index in [1.54, 1.807) is 13.8 Å². The highest BCUT2D eigenvalue weighted by atomic mass is 16.5. The van der Waals surface area contributed by atoms with Crippen molar-refractivity contribution < 1.29 is 14.6 Å². The molecule has 1 N–H and O–H groups in total. The molecule has 0 amide bonds. The third-order valence-corrected chi connectivity index (χ3v) is 4.01. The summed E-state index contributed by atoms with van der Waals surface area (Å²) < 4.78 is 6.07. The van der Waals surface area contributed by atoms with E-state index < -0.39 is 11.2 Å². The van der Waals surface area contributed by atoms with Crippen LogP contribution in [0.4, 0.5) is 0 Å². The molecule has 1 heterocycles. The molecular weight excluding hydrogens is 240 g/mol. The van der Waals surface area contributed by atoms with Gasteiger partial charge in [-0.25, -0.2) is 0 Å². The zero-order valence-electron chi connectivity index (χ0n) is 12.7. The van der Waals surface area contributed by atoms with Crippen LogP contribution in [0.5, 0.6) is 0 Å². The molecule has 19 heavy (non-hydrogen) atoms. The van der Waals surface area contributed by atoms with Crippen LogP contribution >= 0.6 is 0 Å². The molecule has 1 aliphatic heterocycles. The van der Waals surface area contributed by atoms with Crippen LogP contribution in [0.1, 0.15) is 47.5 Å². The minimum Gasteiger partial charge on any atom is -0.386 e. The molecule has 3 atom stereocenters. The van der Waals surface area contributed by atoms with E-state index in [0.29, 0.717) is 0 Å². The predicted molar refractivity (Wildman–Crippen MR) is 76.9 cm³/mol. The molecule has 3 unspecified atom stereocenters. The highest BCUT2D eigenvalue weighted by Gasteiger charge is 2.46. The average Bonchev–Trinajstić information content (AvgIpc) is 2.63. The topological polar surface area (TPSA) is 46.5 Å². The summed E-state index contributed by atoms with van der Waals surface area (Å²) in [6, 6.07) is 0. The third-order valence-electron chi connectivity index (χ3n) is 4.01. The Bertz CT molecular complexity index is 391. The van der Waals surface area contributed by atoms with Crippen LogP contribution in [0.3, 0.4) is 0 Å². The number of aliphatic hydroxyl groups is 1. The molecule has 0 radical (unpaired) electrons. The van der Waals surface area contributed by atoms with Crippen molar-refractivity contribution in [2.75, 3.05) is 0 Å². The van der Waals surface area contributed by atoms with Gasteiger partial charge in [0.15, 0.2) is 5.78 Å². The van der Waals surface area contributed by atoms with Crippen LogP contribution < -0.4 is 0 Å². The number of carbonyl (C=O) groups excluding carboxylic acids is 1. The second-order valence-corrected chi connectivity index (χ2v) is 6.54. The number of ether oxygens (including phenoxy) is 1. The number of hydrogen-bond acceptors (Lipinski definition) is 3. The Morgan fingerprint density at radius 2 is 2.00 bits per heavy atom. The zero-order valence-corrected chi connectivity index (χ0v) is 12.7. The van der Waals surface area contributed by atoms with E-state index in [4.69, 9.17) is 4.74 Å². The number of allylic oxidation sites excluding steroid dienone is 1. The third kappa shape index (κ3) is 4.02. The monoisotopic (exact) mass is 266 g/mol. The first kappa shape index (κ1) is 16.1. The maximum absolute atomic E-state index is 12.2. The van der Waals surface area contributed by atoms with Crippen LogP contribution in [0.25, 0.3) is 0 Å². The fraction of sp³-hybridized carbons (Fsp3) is 0.688. The SMILES string of the molecule is C=CC1(C)CCC(C)(C(C)C(=O)C=CC(C)(C)O)O1. The molecule has 0 aromatic rings. The Kier molecular flexibility index (Phi) is 4.43. The van der Waals surface area contributed by atoms with Gasteiger partial charge in [0, 0.05) is 5.92 Å². The van der Waals surface area contributed by atoms with Gasteiger partial charge < -0.3 is 9.84 Å². The maximum atomic E-state index is 12.2. The molecule has 3 nitrogen and oxygen atoms in total. The molecule has 0 spiro atoms. The van der Waals surface area contributed by atoms with E-state index in [9.17, 15) is 9.90 Å². The molecule has 1 aliphatic rings. The molecule has 108 valence electrons. The van der Waals surface area contributed by atoms with Crippen LogP contribution in [-0.2, 0) is 9.53 Å². The van der Waals surface area contributed by atoms with Gasteiger partial charge in [-0.3, -0.25) is 4.79 Å². The Hall–Kier alpha value is -0.930. The highest BCUT2D eigenvalue weighted by molar-refractivity contribution is 5.92. The van der Waals surface area contributed by atoms with E-state index in [1.807, 2.05) is 26.8 Å². The average molecular weight is 266 g/mol. The van der Waals surface area contributed by atoms with Crippen molar-refractivity contribution in [3.05, 3.63) is 24.8 Å². The van der Waals surface area contributed by atoms with Gasteiger partial charge in [-0.05, 0) is 46.6 Å². The molecule has 1 fully saturated rings. The summed E-state index contributed by atoms with van der Waals surface area (Å²) in [4.78, 5) is 12.2. The van der Waals surface area contributed by atoms with Crippen molar-refractivity contribution >= 4 is 5.78 Å². The smallest absolute Gasteiger partial charge is 0.161 e. The molecular formula is C16H26O3. The second kappa shape index (κ2) is 5.22.